The fourth-order valence-corrected chi connectivity index (χ4v) is 2.31. The zero-order valence-electron chi connectivity index (χ0n) is 11.2. The monoisotopic (exact) mass is 282 g/mol. The Bertz CT molecular complexity index is 320. The van der Waals surface area contributed by atoms with Crippen LogP contribution in [0.4, 0.5) is 13.2 Å². The van der Waals surface area contributed by atoms with Crippen molar-refractivity contribution < 1.29 is 18.4 Å². The van der Waals surface area contributed by atoms with Gasteiger partial charge in [0.2, 0.25) is 0 Å². The lowest BCUT2D eigenvalue weighted by atomic mass is 10.0. The molecule has 2 unspecified atom stereocenters. The molecule has 0 saturated carbocycles. The third kappa shape index (κ3) is 4.54. The lowest BCUT2D eigenvalue weighted by molar-refractivity contribution is -0.161. The molecule has 1 rings (SSSR count). The summed E-state index contributed by atoms with van der Waals surface area (Å²) in [6.45, 7) is 0.914. The maximum Gasteiger partial charge on any atom is 0.400 e. The molecule has 1 fully saturated rings. The van der Waals surface area contributed by atoms with Crippen LogP contribution in [0.15, 0.2) is 5.16 Å². The number of rotatable bonds is 4. The van der Waals surface area contributed by atoms with E-state index in [0.717, 1.165) is 12.8 Å². The van der Waals surface area contributed by atoms with Crippen LogP contribution in [0.2, 0.25) is 0 Å². The largest absolute Gasteiger partial charge is 0.409 e. The van der Waals surface area contributed by atoms with Crippen LogP contribution >= 0.6 is 0 Å². The number of likely N-dealkylation sites (tertiary alicyclic amines) is 1. The maximum atomic E-state index is 12.9. The van der Waals surface area contributed by atoms with E-state index >= 15 is 0 Å². The van der Waals surface area contributed by atoms with Crippen LogP contribution in [0.3, 0.4) is 0 Å². The molecule has 112 valence electrons. The molecule has 0 aromatic carbocycles. The first-order chi connectivity index (χ1) is 8.75. The number of hydrogen-bond donors (Lipinski definition) is 2. The van der Waals surface area contributed by atoms with E-state index in [1.54, 1.807) is 4.90 Å². The number of hydrogen-bond acceptors (Lipinski definition) is 4. The molecular formula is C11H21F3N4O. The van der Waals surface area contributed by atoms with Crippen LogP contribution in [-0.2, 0) is 0 Å². The molecule has 0 radical (unpaired) electrons. The first kappa shape index (κ1) is 16.0. The standard InChI is InChI=1S/C11H21F3N4O/c1-17(2)8-4-3-5-18(6-8)7-9(10(15)16-19)11(12,13)14/h8-9,19H,3-7H2,1-2H3,(H2,15,16). The number of oxime groups is 1. The molecule has 0 aromatic rings. The average molecular weight is 282 g/mol. The molecule has 8 heteroatoms. The van der Waals surface area contributed by atoms with E-state index < -0.39 is 17.9 Å². The van der Waals surface area contributed by atoms with Gasteiger partial charge in [0.05, 0.1) is 0 Å². The number of amidine groups is 1. The summed E-state index contributed by atoms with van der Waals surface area (Å²) in [7, 11) is 3.83. The van der Waals surface area contributed by atoms with Gasteiger partial charge in [0.1, 0.15) is 5.92 Å². The number of nitrogens with zero attached hydrogens (tertiary/aromatic N) is 3. The Kier molecular flexibility index (Phi) is 5.42. The van der Waals surface area contributed by atoms with Crippen molar-refractivity contribution in [2.24, 2.45) is 16.8 Å². The van der Waals surface area contributed by atoms with Crippen molar-refractivity contribution in [2.45, 2.75) is 25.1 Å². The molecule has 5 nitrogen and oxygen atoms in total. The third-order valence-electron chi connectivity index (χ3n) is 3.52. The van der Waals surface area contributed by atoms with Crippen molar-refractivity contribution >= 4 is 5.84 Å². The Labute approximate surface area is 110 Å². The van der Waals surface area contributed by atoms with Crippen molar-refractivity contribution in [1.29, 1.82) is 0 Å². The Hall–Kier alpha value is -1.02. The van der Waals surface area contributed by atoms with Crippen LogP contribution in [0.5, 0.6) is 0 Å². The van der Waals surface area contributed by atoms with E-state index in [9.17, 15) is 13.2 Å². The molecule has 0 amide bonds. The molecule has 1 aliphatic rings. The minimum Gasteiger partial charge on any atom is -0.409 e. The summed E-state index contributed by atoms with van der Waals surface area (Å²) in [6, 6.07) is 0.245. The number of halogens is 3. The second kappa shape index (κ2) is 6.42. The highest BCUT2D eigenvalue weighted by Gasteiger charge is 2.44. The van der Waals surface area contributed by atoms with Crippen molar-refractivity contribution in [1.82, 2.24) is 9.80 Å². The Morgan fingerprint density at radius 3 is 2.63 bits per heavy atom. The molecule has 1 saturated heterocycles. The van der Waals surface area contributed by atoms with Crippen LogP contribution in [0.25, 0.3) is 0 Å². The lowest BCUT2D eigenvalue weighted by Gasteiger charge is -2.37. The Morgan fingerprint density at radius 1 is 1.53 bits per heavy atom. The van der Waals surface area contributed by atoms with Gasteiger partial charge in [-0.1, -0.05) is 5.16 Å². The second-order valence-electron chi connectivity index (χ2n) is 5.14. The quantitative estimate of drug-likeness (QED) is 0.348. The van der Waals surface area contributed by atoms with Gasteiger partial charge in [0.25, 0.3) is 0 Å². The van der Waals surface area contributed by atoms with Crippen LogP contribution in [0.1, 0.15) is 12.8 Å². The average Bonchev–Trinajstić information content (AvgIpc) is 2.34. The summed E-state index contributed by atoms with van der Waals surface area (Å²) in [6.07, 6.45) is -2.67. The van der Waals surface area contributed by atoms with Gasteiger partial charge in [-0.2, -0.15) is 13.2 Å². The molecule has 2 atom stereocenters. The third-order valence-corrected chi connectivity index (χ3v) is 3.52. The van der Waals surface area contributed by atoms with Gasteiger partial charge < -0.3 is 20.7 Å². The van der Waals surface area contributed by atoms with E-state index in [1.165, 1.54) is 0 Å². The summed E-state index contributed by atoms with van der Waals surface area (Å²) in [4.78, 5) is 3.74. The number of alkyl halides is 3. The van der Waals surface area contributed by atoms with Crippen molar-refractivity contribution in [3.63, 3.8) is 0 Å². The predicted octanol–water partition coefficient (Wildman–Crippen LogP) is 0.937. The van der Waals surface area contributed by atoms with Gasteiger partial charge in [-0.05, 0) is 33.5 Å². The van der Waals surface area contributed by atoms with Gasteiger partial charge in [0, 0.05) is 19.1 Å². The second-order valence-corrected chi connectivity index (χ2v) is 5.14. The molecule has 3 N–H and O–H groups in total. The van der Waals surface area contributed by atoms with Gasteiger partial charge in [-0.3, -0.25) is 0 Å². The van der Waals surface area contributed by atoms with Crippen molar-refractivity contribution in [3.05, 3.63) is 0 Å². The minimum absolute atomic E-state index is 0.245. The van der Waals surface area contributed by atoms with Crippen LogP contribution in [0, 0.1) is 5.92 Å². The van der Waals surface area contributed by atoms with E-state index in [-0.39, 0.29) is 12.6 Å². The first-order valence-electron chi connectivity index (χ1n) is 6.18. The van der Waals surface area contributed by atoms with Gasteiger partial charge in [0.15, 0.2) is 5.84 Å². The van der Waals surface area contributed by atoms with E-state index in [4.69, 9.17) is 10.9 Å². The predicted molar refractivity (Wildman–Crippen MR) is 66.1 cm³/mol. The summed E-state index contributed by atoms with van der Waals surface area (Å²) in [5.41, 5.74) is 5.16. The number of piperidine rings is 1. The highest BCUT2D eigenvalue weighted by molar-refractivity contribution is 5.83. The zero-order valence-corrected chi connectivity index (χ0v) is 11.2. The summed E-state index contributed by atoms with van der Waals surface area (Å²) in [5, 5.41) is 11.0. The summed E-state index contributed by atoms with van der Waals surface area (Å²) < 4.78 is 38.6. The maximum absolute atomic E-state index is 12.9. The Morgan fingerprint density at radius 2 is 2.16 bits per heavy atom. The van der Waals surface area contributed by atoms with E-state index in [1.807, 2.05) is 19.0 Å². The molecular weight excluding hydrogens is 261 g/mol. The molecule has 0 spiro atoms. The van der Waals surface area contributed by atoms with Gasteiger partial charge in [-0.25, -0.2) is 0 Å². The molecule has 19 heavy (non-hydrogen) atoms. The SMILES string of the molecule is CN(C)C1CCCN(CC(C(N)=NO)C(F)(F)F)C1. The molecule has 0 aliphatic carbocycles. The zero-order chi connectivity index (χ0) is 14.6. The summed E-state index contributed by atoms with van der Waals surface area (Å²) in [5.74, 6) is -2.70. The van der Waals surface area contributed by atoms with Crippen molar-refractivity contribution in [3.8, 4) is 0 Å². The lowest BCUT2D eigenvalue weighted by Crippen LogP contribution is -2.50. The van der Waals surface area contributed by atoms with Gasteiger partial charge >= 0.3 is 6.18 Å². The minimum atomic E-state index is -4.50. The topological polar surface area (TPSA) is 65.1 Å². The molecule has 1 aliphatic heterocycles. The highest BCUT2D eigenvalue weighted by Crippen LogP contribution is 2.28. The van der Waals surface area contributed by atoms with Crippen LogP contribution in [-0.4, -0.2) is 66.8 Å². The molecule has 0 aromatic heterocycles. The van der Waals surface area contributed by atoms with E-state index in [2.05, 4.69) is 5.16 Å². The number of nitrogens with two attached hydrogens (primary N) is 1. The highest BCUT2D eigenvalue weighted by atomic mass is 19.4. The van der Waals surface area contributed by atoms with Crippen molar-refractivity contribution in [2.75, 3.05) is 33.7 Å². The molecule has 0 bridgehead atoms. The van der Waals surface area contributed by atoms with E-state index in [0.29, 0.717) is 13.1 Å². The fraction of sp³-hybridized carbons (Fsp3) is 0.909. The fourth-order valence-electron chi connectivity index (χ4n) is 2.31. The van der Waals surface area contributed by atoms with Crippen LogP contribution < -0.4 is 5.73 Å². The normalized spacial score (nSPS) is 24.7. The first-order valence-corrected chi connectivity index (χ1v) is 6.18. The number of likely N-dealkylation sites (N-methyl/N-ethyl adjacent to an activating group) is 1. The van der Waals surface area contributed by atoms with Gasteiger partial charge in [-0.15, -0.1) is 0 Å². The summed E-state index contributed by atoms with van der Waals surface area (Å²) >= 11 is 0. The molecule has 1 heterocycles. The Balaban J connectivity index is 2.69. The smallest absolute Gasteiger partial charge is 0.400 e.